The number of aliphatic imine (C=N–C) groups is 1. The first-order valence-corrected chi connectivity index (χ1v) is 9.39. The van der Waals surface area contributed by atoms with Crippen LogP contribution in [0.5, 0.6) is 0 Å². The van der Waals surface area contributed by atoms with Crippen molar-refractivity contribution in [2.75, 3.05) is 39.2 Å². The molecule has 0 aliphatic carbocycles. The molecule has 1 aromatic carbocycles. The molecule has 28 heavy (non-hydrogen) atoms. The molecule has 7 nitrogen and oxygen atoms in total. The van der Waals surface area contributed by atoms with E-state index in [-0.39, 0.29) is 24.0 Å². The Balaban J connectivity index is 0.00000392. The molecule has 0 saturated carbocycles. The van der Waals surface area contributed by atoms with Gasteiger partial charge in [0.15, 0.2) is 5.96 Å². The molecule has 2 aromatic rings. The second kappa shape index (κ2) is 13.4. The molecule has 0 aliphatic heterocycles. The van der Waals surface area contributed by atoms with Gasteiger partial charge >= 0.3 is 0 Å². The Morgan fingerprint density at radius 3 is 2.50 bits per heavy atom. The predicted octanol–water partition coefficient (Wildman–Crippen LogP) is 2.93. The molecule has 3 N–H and O–H groups in total. The average molecular weight is 500 g/mol. The number of hydrogen-bond donors (Lipinski definition) is 3. The summed E-state index contributed by atoms with van der Waals surface area (Å²) in [5.41, 5.74) is 4.58. The Morgan fingerprint density at radius 2 is 1.89 bits per heavy atom. The average Bonchev–Trinajstić information content (AvgIpc) is 2.99. The van der Waals surface area contributed by atoms with Crippen molar-refractivity contribution in [2.24, 2.45) is 4.99 Å². The highest BCUT2D eigenvalue weighted by Crippen LogP contribution is 2.09. The standard InChI is InChI=1S/C20H32N6O.HI/c1-16-14-17(2)26(25-16)12-5-10-23-20(21-3)24-15-18-6-8-19(9-7-18)22-11-13-27-4;/h6-9,14,22H,5,10-13,15H2,1-4H3,(H2,21,23,24);1H. The van der Waals surface area contributed by atoms with Crippen LogP contribution in [-0.2, 0) is 17.8 Å². The van der Waals surface area contributed by atoms with E-state index < -0.39 is 0 Å². The van der Waals surface area contributed by atoms with Crippen LogP contribution in [0.3, 0.4) is 0 Å². The lowest BCUT2D eigenvalue weighted by atomic mass is 10.2. The molecule has 2 rings (SSSR count). The summed E-state index contributed by atoms with van der Waals surface area (Å²) in [6.07, 6.45) is 0.991. The first-order valence-electron chi connectivity index (χ1n) is 9.39. The maximum Gasteiger partial charge on any atom is 0.191 e. The molecule has 1 aromatic heterocycles. The zero-order valence-electron chi connectivity index (χ0n) is 17.3. The Hall–Kier alpha value is -1.81. The Kier molecular flexibility index (Phi) is 11.6. The smallest absolute Gasteiger partial charge is 0.191 e. The lowest BCUT2D eigenvalue weighted by Gasteiger charge is -2.13. The summed E-state index contributed by atoms with van der Waals surface area (Å²) < 4.78 is 7.09. The van der Waals surface area contributed by atoms with E-state index in [1.807, 2.05) is 6.92 Å². The van der Waals surface area contributed by atoms with E-state index in [2.05, 4.69) is 68.0 Å². The maximum atomic E-state index is 5.04. The van der Waals surface area contributed by atoms with Gasteiger partial charge in [0.1, 0.15) is 0 Å². The Bertz CT molecular complexity index is 714. The van der Waals surface area contributed by atoms with Gasteiger partial charge in [0, 0.05) is 51.7 Å². The zero-order valence-corrected chi connectivity index (χ0v) is 19.6. The Labute approximate surface area is 185 Å². The topological polar surface area (TPSA) is 75.5 Å². The first kappa shape index (κ1) is 24.2. The van der Waals surface area contributed by atoms with Gasteiger partial charge in [-0.25, -0.2) is 0 Å². The lowest BCUT2D eigenvalue weighted by molar-refractivity contribution is 0.211. The van der Waals surface area contributed by atoms with Crippen molar-refractivity contribution in [3.8, 4) is 0 Å². The molecule has 0 saturated heterocycles. The number of aromatic nitrogens is 2. The minimum Gasteiger partial charge on any atom is -0.383 e. The number of nitrogens with zero attached hydrogens (tertiary/aromatic N) is 3. The van der Waals surface area contributed by atoms with Crippen LogP contribution in [0.1, 0.15) is 23.4 Å². The van der Waals surface area contributed by atoms with E-state index in [0.717, 1.165) is 49.9 Å². The van der Waals surface area contributed by atoms with Crippen LogP contribution in [0.2, 0.25) is 0 Å². The monoisotopic (exact) mass is 500 g/mol. The van der Waals surface area contributed by atoms with Gasteiger partial charge in [-0.3, -0.25) is 9.67 Å². The van der Waals surface area contributed by atoms with E-state index in [1.165, 1.54) is 11.3 Å². The molecule has 0 spiro atoms. The summed E-state index contributed by atoms with van der Waals surface area (Å²) in [6.45, 7) is 8.10. The van der Waals surface area contributed by atoms with Crippen molar-refractivity contribution in [3.05, 3.63) is 47.3 Å². The molecule has 0 radical (unpaired) electrons. The zero-order chi connectivity index (χ0) is 19.5. The van der Waals surface area contributed by atoms with Gasteiger partial charge in [0.2, 0.25) is 0 Å². The van der Waals surface area contributed by atoms with Crippen LogP contribution in [0, 0.1) is 13.8 Å². The predicted molar refractivity (Wildman–Crippen MR) is 127 cm³/mol. The van der Waals surface area contributed by atoms with Gasteiger partial charge in [0.05, 0.1) is 12.3 Å². The highest BCUT2D eigenvalue weighted by molar-refractivity contribution is 14.0. The summed E-state index contributed by atoms with van der Waals surface area (Å²) in [7, 11) is 3.50. The van der Waals surface area contributed by atoms with Crippen LogP contribution in [0.4, 0.5) is 5.69 Å². The quantitative estimate of drug-likeness (QED) is 0.203. The van der Waals surface area contributed by atoms with Crippen LogP contribution >= 0.6 is 24.0 Å². The van der Waals surface area contributed by atoms with E-state index in [4.69, 9.17) is 4.74 Å². The number of guanidine groups is 1. The summed E-state index contributed by atoms with van der Waals surface area (Å²) in [4.78, 5) is 4.28. The van der Waals surface area contributed by atoms with E-state index >= 15 is 0 Å². The fourth-order valence-electron chi connectivity index (χ4n) is 2.78. The second-order valence-corrected chi connectivity index (χ2v) is 6.47. The molecule has 0 amide bonds. The number of rotatable bonds is 10. The molecular weight excluding hydrogens is 467 g/mol. The molecule has 0 bridgehead atoms. The van der Waals surface area contributed by atoms with Crippen molar-refractivity contribution < 1.29 is 4.74 Å². The summed E-state index contributed by atoms with van der Waals surface area (Å²) in [6, 6.07) is 10.5. The van der Waals surface area contributed by atoms with Gasteiger partial charge < -0.3 is 20.7 Å². The number of ether oxygens (including phenoxy) is 1. The molecule has 0 atom stereocenters. The van der Waals surface area contributed by atoms with Crippen LogP contribution in [0.25, 0.3) is 0 Å². The van der Waals surface area contributed by atoms with Gasteiger partial charge in [-0.2, -0.15) is 5.10 Å². The fourth-order valence-corrected chi connectivity index (χ4v) is 2.78. The molecule has 0 unspecified atom stereocenters. The van der Waals surface area contributed by atoms with Gasteiger partial charge in [-0.1, -0.05) is 12.1 Å². The molecule has 0 aliphatic rings. The SMILES string of the molecule is CN=C(NCCCn1nc(C)cc1C)NCc1ccc(NCCOC)cc1.I. The van der Waals surface area contributed by atoms with Crippen molar-refractivity contribution >= 4 is 35.6 Å². The third-order valence-corrected chi connectivity index (χ3v) is 4.22. The number of methoxy groups -OCH3 is 1. The van der Waals surface area contributed by atoms with E-state index in [1.54, 1.807) is 14.2 Å². The minimum absolute atomic E-state index is 0. The molecule has 1 heterocycles. The van der Waals surface area contributed by atoms with Crippen molar-refractivity contribution in [3.63, 3.8) is 0 Å². The maximum absolute atomic E-state index is 5.04. The Morgan fingerprint density at radius 1 is 1.14 bits per heavy atom. The third-order valence-electron chi connectivity index (χ3n) is 4.22. The largest absolute Gasteiger partial charge is 0.383 e. The summed E-state index contributed by atoms with van der Waals surface area (Å²) in [5, 5.41) is 14.5. The van der Waals surface area contributed by atoms with Crippen molar-refractivity contribution in [1.29, 1.82) is 0 Å². The third kappa shape index (κ3) is 8.47. The van der Waals surface area contributed by atoms with Crippen LogP contribution < -0.4 is 16.0 Å². The minimum atomic E-state index is 0. The van der Waals surface area contributed by atoms with Gasteiger partial charge in [-0.05, 0) is 44.0 Å². The number of hydrogen-bond acceptors (Lipinski definition) is 4. The molecule has 0 fully saturated rings. The fraction of sp³-hybridized carbons (Fsp3) is 0.500. The molecule has 8 heteroatoms. The molecular formula is C20H33IN6O. The van der Waals surface area contributed by atoms with Crippen LogP contribution in [-0.4, -0.2) is 49.6 Å². The highest BCUT2D eigenvalue weighted by atomic mass is 127. The van der Waals surface area contributed by atoms with E-state index in [0.29, 0.717) is 6.61 Å². The lowest BCUT2D eigenvalue weighted by Crippen LogP contribution is -2.37. The van der Waals surface area contributed by atoms with Crippen molar-refractivity contribution in [2.45, 2.75) is 33.4 Å². The van der Waals surface area contributed by atoms with Crippen molar-refractivity contribution in [1.82, 2.24) is 20.4 Å². The van der Waals surface area contributed by atoms with E-state index in [9.17, 15) is 0 Å². The number of nitrogens with one attached hydrogen (secondary N) is 3. The second-order valence-electron chi connectivity index (χ2n) is 6.47. The number of aryl methyl sites for hydroxylation is 3. The number of halogens is 1. The molecule has 156 valence electrons. The van der Waals surface area contributed by atoms with Gasteiger partial charge in [-0.15, -0.1) is 24.0 Å². The highest BCUT2D eigenvalue weighted by Gasteiger charge is 2.02. The summed E-state index contributed by atoms with van der Waals surface area (Å²) >= 11 is 0. The normalized spacial score (nSPS) is 11.1. The number of anilines is 1. The van der Waals surface area contributed by atoms with Gasteiger partial charge in [0.25, 0.3) is 0 Å². The number of benzene rings is 1. The summed E-state index contributed by atoms with van der Waals surface area (Å²) in [5.74, 6) is 0.811. The van der Waals surface area contributed by atoms with Crippen LogP contribution in [0.15, 0.2) is 35.3 Å². The first-order chi connectivity index (χ1) is 13.1.